The van der Waals surface area contributed by atoms with Crippen LogP contribution >= 0.6 is 0 Å². The number of aryl methyl sites for hydroxylation is 3. The number of nitrogens with one attached hydrogen (secondary N) is 1. The Morgan fingerprint density at radius 2 is 2.21 bits per heavy atom. The predicted molar refractivity (Wildman–Crippen MR) is 72.7 cm³/mol. The van der Waals surface area contributed by atoms with Gasteiger partial charge < -0.3 is 0 Å². The zero-order valence-electron chi connectivity index (χ0n) is 11.2. The number of aromatic nitrogens is 2. The van der Waals surface area contributed by atoms with Crippen molar-refractivity contribution in [1.82, 2.24) is 15.2 Å². The van der Waals surface area contributed by atoms with E-state index in [1.165, 1.54) is 0 Å². The van der Waals surface area contributed by atoms with Gasteiger partial charge in [0, 0.05) is 25.0 Å². The molecule has 0 spiro atoms. The second-order valence-corrected chi connectivity index (χ2v) is 4.71. The molecule has 2 rings (SSSR count). The van der Waals surface area contributed by atoms with Gasteiger partial charge in [-0.3, -0.25) is 16.0 Å². The van der Waals surface area contributed by atoms with Gasteiger partial charge in [0.15, 0.2) is 0 Å². The maximum absolute atomic E-state index is 13.6. The lowest BCUT2D eigenvalue weighted by Crippen LogP contribution is -2.28. The van der Waals surface area contributed by atoms with E-state index in [9.17, 15) is 4.39 Å². The monoisotopic (exact) mass is 262 g/mol. The quantitative estimate of drug-likeness (QED) is 0.640. The van der Waals surface area contributed by atoms with E-state index in [4.69, 9.17) is 5.84 Å². The molecule has 1 aromatic carbocycles. The van der Waals surface area contributed by atoms with Crippen molar-refractivity contribution in [3.63, 3.8) is 0 Å². The van der Waals surface area contributed by atoms with Crippen molar-refractivity contribution >= 4 is 0 Å². The number of nitrogens with two attached hydrogens (primary N) is 1. The highest BCUT2D eigenvalue weighted by atomic mass is 19.1. The van der Waals surface area contributed by atoms with Gasteiger partial charge in [-0.15, -0.1) is 0 Å². The standard InChI is InChI=1S/C14H19FN4/c1-10-3-4-11(9-13(10)15)14(18-16)6-5-12-7-8-17-19(12)2/h3-4,7-9,14,18H,5-6,16H2,1-2H3. The highest BCUT2D eigenvalue weighted by Crippen LogP contribution is 2.20. The minimum atomic E-state index is -0.196. The SMILES string of the molecule is Cc1ccc(C(CCc2ccnn2C)NN)cc1F. The highest BCUT2D eigenvalue weighted by Gasteiger charge is 2.12. The molecule has 1 heterocycles. The molecule has 0 radical (unpaired) electrons. The Bertz CT molecular complexity index is 550. The van der Waals surface area contributed by atoms with Crippen LogP contribution in [-0.2, 0) is 13.5 Å². The van der Waals surface area contributed by atoms with E-state index in [0.29, 0.717) is 5.56 Å². The van der Waals surface area contributed by atoms with Crippen molar-refractivity contribution < 1.29 is 4.39 Å². The average Bonchev–Trinajstić information content (AvgIpc) is 2.80. The topological polar surface area (TPSA) is 55.9 Å². The zero-order valence-corrected chi connectivity index (χ0v) is 11.2. The van der Waals surface area contributed by atoms with Crippen molar-refractivity contribution in [2.24, 2.45) is 12.9 Å². The van der Waals surface area contributed by atoms with Gasteiger partial charge in [-0.2, -0.15) is 5.10 Å². The minimum absolute atomic E-state index is 0.0648. The largest absolute Gasteiger partial charge is 0.273 e. The molecule has 4 nitrogen and oxygen atoms in total. The fourth-order valence-corrected chi connectivity index (χ4v) is 2.11. The summed E-state index contributed by atoms with van der Waals surface area (Å²) in [5.74, 6) is 5.38. The summed E-state index contributed by atoms with van der Waals surface area (Å²) >= 11 is 0. The molecule has 1 atom stereocenters. The van der Waals surface area contributed by atoms with E-state index in [1.54, 1.807) is 25.3 Å². The fraction of sp³-hybridized carbons (Fsp3) is 0.357. The molecule has 0 bridgehead atoms. The molecule has 0 aliphatic rings. The number of halogens is 1. The molecule has 0 saturated heterocycles. The molecule has 0 saturated carbocycles. The molecule has 1 unspecified atom stereocenters. The number of hydrogen-bond acceptors (Lipinski definition) is 3. The Kier molecular flexibility index (Phi) is 4.29. The number of hydrazine groups is 1. The van der Waals surface area contributed by atoms with Crippen LogP contribution in [0.15, 0.2) is 30.5 Å². The molecule has 0 aliphatic carbocycles. The summed E-state index contributed by atoms with van der Waals surface area (Å²) in [7, 11) is 1.91. The Balaban J connectivity index is 2.07. The van der Waals surface area contributed by atoms with E-state index < -0.39 is 0 Å². The third kappa shape index (κ3) is 3.19. The first kappa shape index (κ1) is 13.7. The Hall–Kier alpha value is -1.72. The van der Waals surface area contributed by atoms with E-state index in [-0.39, 0.29) is 11.9 Å². The minimum Gasteiger partial charge on any atom is -0.273 e. The number of benzene rings is 1. The summed E-state index contributed by atoms with van der Waals surface area (Å²) in [5, 5.41) is 4.12. The van der Waals surface area contributed by atoms with Gasteiger partial charge in [0.05, 0.1) is 0 Å². The smallest absolute Gasteiger partial charge is 0.126 e. The molecule has 19 heavy (non-hydrogen) atoms. The summed E-state index contributed by atoms with van der Waals surface area (Å²) in [6.07, 6.45) is 3.39. The van der Waals surface area contributed by atoms with Crippen LogP contribution in [0, 0.1) is 12.7 Å². The lowest BCUT2D eigenvalue weighted by atomic mass is 10.00. The van der Waals surface area contributed by atoms with Crippen LogP contribution in [0.5, 0.6) is 0 Å². The molecule has 5 heteroatoms. The van der Waals surface area contributed by atoms with Gasteiger partial charge in [0.2, 0.25) is 0 Å². The summed E-state index contributed by atoms with van der Waals surface area (Å²) < 4.78 is 15.4. The first-order valence-electron chi connectivity index (χ1n) is 6.31. The Morgan fingerprint density at radius 3 is 2.79 bits per heavy atom. The molecule has 102 valence electrons. The highest BCUT2D eigenvalue weighted by molar-refractivity contribution is 5.25. The van der Waals surface area contributed by atoms with Gasteiger partial charge in [-0.05, 0) is 43.0 Å². The molecule has 1 aromatic heterocycles. The lowest BCUT2D eigenvalue weighted by molar-refractivity contribution is 0.502. The summed E-state index contributed by atoms with van der Waals surface area (Å²) in [5.41, 5.74) is 5.40. The third-order valence-electron chi connectivity index (χ3n) is 3.41. The molecular formula is C14H19FN4. The van der Waals surface area contributed by atoms with Crippen LogP contribution < -0.4 is 11.3 Å². The maximum Gasteiger partial charge on any atom is 0.126 e. The van der Waals surface area contributed by atoms with Gasteiger partial charge in [0.1, 0.15) is 5.82 Å². The number of rotatable bonds is 5. The maximum atomic E-state index is 13.6. The molecule has 2 aromatic rings. The average molecular weight is 262 g/mol. The number of hydrogen-bond donors (Lipinski definition) is 2. The molecule has 0 fully saturated rings. The van der Waals surface area contributed by atoms with E-state index in [0.717, 1.165) is 24.1 Å². The molecule has 3 N–H and O–H groups in total. The Labute approximate surface area is 112 Å². The van der Waals surface area contributed by atoms with Gasteiger partial charge in [-0.25, -0.2) is 4.39 Å². The third-order valence-corrected chi connectivity index (χ3v) is 3.41. The van der Waals surface area contributed by atoms with Crippen molar-refractivity contribution in [2.75, 3.05) is 0 Å². The van der Waals surface area contributed by atoms with Crippen molar-refractivity contribution in [3.8, 4) is 0 Å². The molecule has 0 aliphatic heterocycles. The Morgan fingerprint density at radius 1 is 1.42 bits per heavy atom. The van der Waals surface area contributed by atoms with Crippen LogP contribution in [0.3, 0.4) is 0 Å². The summed E-state index contributed by atoms with van der Waals surface area (Å²) in [6, 6.07) is 7.14. The van der Waals surface area contributed by atoms with Gasteiger partial charge in [-0.1, -0.05) is 12.1 Å². The zero-order chi connectivity index (χ0) is 13.8. The van der Waals surface area contributed by atoms with E-state index >= 15 is 0 Å². The van der Waals surface area contributed by atoms with Crippen LogP contribution in [0.4, 0.5) is 4.39 Å². The van der Waals surface area contributed by atoms with Crippen LogP contribution in [0.1, 0.15) is 29.3 Å². The molecule has 0 amide bonds. The predicted octanol–water partition coefficient (Wildman–Crippen LogP) is 2.00. The summed E-state index contributed by atoms with van der Waals surface area (Å²) in [4.78, 5) is 0. The first-order chi connectivity index (χ1) is 9.11. The van der Waals surface area contributed by atoms with Gasteiger partial charge in [0.25, 0.3) is 0 Å². The summed E-state index contributed by atoms with van der Waals surface area (Å²) in [6.45, 7) is 1.75. The van der Waals surface area contributed by atoms with Crippen molar-refractivity contribution in [2.45, 2.75) is 25.8 Å². The normalized spacial score (nSPS) is 12.6. The van der Waals surface area contributed by atoms with Crippen molar-refractivity contribution in [1.29, 1.82) is 0 Å². The first-order valence-corrected chi connectivity index (χ1v) is 6.31. The van der Waals surface area contributed by atoms with E-state index in [2.05, 4.69) is 10.5 Å². The van der Waals surface area contributed by atoms with Gasteiger partial charge >= 0.3 is 0 Å². The van der Waals surface area contributed by atoms with Crippen molar-refractivity contribution in [3.05, 3.63) is 53.1 Å². The van der Waals surface area contributed by atoms with Crippen LogP contribution in [0.25, 0.3) is 0 Å². The molecular weight excluding hydrogens is 243 g/mol. The van der Waals surface area contributed by atoms with Crippen LogP contribution in [0.2, 0.25) is 0 Å². The van der Waals surface area contributed by atoms with E-state index in [1.807, 2.05) is 23.9 Å². The van der Waals surface area contributed by atoms with Crippen LogP contribution in [-0.4, -0.2) is 9.78 Å². The second kappa shape index (κ2) is 5.95. The number of nitrogens with zero attached hydrogens (tertiary/aromatic N) is 2. The fourth-order valence-electron chi connectivity index (χ4n) is 2.11. The lowest BCUT2D eigenvalue weighted by Gasteiger charge is -2.17. The second-order valence-electron chi connectivity index (χ2n) is 4.71.